The number of alkyl halides is 3. The Kier molecular flexibility index (Phi) is 2.96. The number of halogens is 3. The van der Waals surface area contributed by atoms with Crippen LogP contribution in [-0.2, 0) is 12.7 Å². The molecule has 1 heterocycles. The normalized spacial score (nSPS) is 12.3. The Morgan fingerprint density at radius 2 is 2.00 bits per heavy atom. The van der Waals surface area contributed by atoms with E-state index < -0.39 is 11.7 Å². The summed E-state index contributed by atoms with van der Waals surface area (Å²) in [5.74, 6) is 0.679. The third kappa shape index (κ3) is 2.02. The standard InChI is InChI=1S/C12H14F3N3/c1-3-4-18-7(2)17-11-9(16)5-8(6-10(11)18)12(13,14)15/h5-6H,3-4,16H2,1-2H3. The zero-order valence-electron chi connectivity index (χ0n) is 10.2. The summed E-state index contributed by atoms with van der Waals surface area (Å²) in [5.41, 5.74) is 5.88. The van der Waals surface area contributed by atoms with Crippen LogP contribution in [0.15, 0.2) is 12.1 Å². The fourth-order valence-electron chi connectivity index (χ4n) is 2.03. The van der Waals surface area contributed by atoms with Crippen LogP contribution in [0.1, 0.15) is 24.7 Å². The Morgan fingerprint density at radius 1 is 1.33 bits per heavy atom. The summed E-state index contributed by atoms with van der Waals surface area (Å²) in [6.45, 7) is 4.35. The van der Waals surface area contributed by atoms with E-state index >= 15 is 0 Å². The van der Waals surface area contributed by atoms with Crippen molar-refractivity contribution in [3.8, 4) is 0 Å². The molecule has 0 fully saturated rings. The molecule has 18 heavy (non-hydrogen) atoms. The van der Waals surface area contributed by atoms with Gasteiger partial charge < -0.3 is 10.3 Å². The molecule has 0 radical (unpaired) electrons. The van der Waals surface area contributed by atoms with E-state index in [1.54, 1.807) is 11.5 Å². The first-order chi connectivity index (χ1) is 8.34. The minimum absolute atomic E-state index is 0.0674. The molecule has 0 aliphatic rings. The fourth-order valence-corrected chi connectivity index (χ4v) is 2.03. The number of aromatic nitrogens is 2. The Bertz CT molecular complexity index is 584. The first-order valence-corrected chi connectivity index (χ1v) is 5.68. The Labute approximate surface area is 102 Å². The molecular weight excluding hydrogens is 243 g/mol. The van der Waals surface area contributed by atoms with E-state index in [2.05, 4.69) is 4.98 Å². The van der Waals surface area contributed by atoms with Gasteiger partial charge in [-0.1, -0.05) is 6.92 Å². The average molecular weight is 257 g/mol. The first kappa shape index (κ1) is 12.7. The number of imidazole rings is 1. The van der Waals surface area contributed by atoms with Gasteiger partial charge in [-0.05, 0) is 25.5 Å². The molecule has 2 N–H and O–H groups in total. The lowest BCUT2D eigenvalue weighted by atomic mass is 10.1. The van der Waals surface area contributed by atoms with Gasteiger partial charge in [-0.25, -0.2) is 4.98 Å². The molecule has 0 bridgehead atoms. The summed E-state index contributed by atoms with van der Waals surface area (Å²) in [7, 11) is 0. The molecule has 0 saturated carbocycles. The van der Waals surface area contributed by atoms with Crippen LogP contribution >= 0.6 is 0 Å². The molecular formula is C12H14F3N3. The van der Waals surface area contributed by atoms with E-state index in [9.17, 15) is 13.2 Å². The van der Waals surface area contributed by atoms with E-state index in [-0.39, 0.29) is 5.69 Å². The molecule has 0 saturated heterocycles. The summed E-state index contributed by atoms with van der Waals surface area (Å²) in [4.78, 5) is 4.23. The largest absolute Gasteiger partial charge is 0.416 e. The van der Waals surface area contributed by atoms with Crippen molar-refractivity contribution in [1.82, 2.24) is 9.55 Å². The van der Waals surface area contributed by atoms with Crippen molar-refractivity contribution in [1.29, 1.82) is 0 Å². The zero-order chi connectivity index (χ0) is 13.5. The third-order valence-corrected chi connectivity index (χ3v) is 2.85. The monoisotopic (exact) mass is 257 g/mol. The molecule has 1 aromatic carbocycles. The minimum Gasteiger partial charge on any atom is -0.397 e. The van der Waals surface area contributed by atoms with Crippen molar-refractivity contribution in [2.45, 2.75) is 33.0 Å². The number of hydrogen-bond acceptors (Lipinski definition) is 2. The van der Waals surface area contributed by atoms with Gasteiger partial charge in [0.15, 0.2) is 0 Å². The van der Waals surface area contributed by atoms with Gasteiger partial charge in [-0.2, -0.15) is 13.2 Å². The topological polar surface area (TPSA) is 43.8 Å². The van der Waals surface area contributed by atoms with Crippen molar-refractivity contribution < 1.29 is 13.2 Å². The summed E-state index contributed by atoms with van der Waals surface area (Å²) in [6, 6.07) is 2.05. The van der Waals surface area contributed by atoms with E-state index in [1.165, 1.54) is 0 Å². The second kappa shape index (κ2) is 4.19. The first-order valence-electron chi connectivity index (χ1n) is 5.68. The Morgan fingerprint density at radius 3 is 2.56 bits per heavy atom. The van der Waals surface area contributed by atoms with Crippen molar-refractivity contribution >= 4 is 16.7 Å². The SMILES string of the molecule is CCCn1c(C)nc2c(N)cc(C(F)(F)F)cc21. The van der Waals surface area contributed by atoms with Crippen LogP contribution in [0, 0.1) is 6.92 Å². The third-order valence-electron chi connectivity index (χ3n) is 2.85. The summed E-state index contributed by atoms with van der Waals surface area (Å²) in [5, 5.41) is 0. The van der Waals surface area contributed by atoms with Crippen molar-refractivity contribution in [2.75, 3.05) is 5.73 Å². The highest BCUT2D eigenvalue weighted by Crippen LogP contribution is 2.34. The molecule has 0 amide bonds. The number of nitrogens with zero attached hydrogens (tertiary/aromatic N) is 2. The molecule has 0 atom stereocenters. The van der Waals surface area contributed by atoms with Gasteiger partial charge in [0, 0.05) is 6.54 Å². The van der Waals surface area contributed by atoms with E-state index in [1.807, 2.05) is 6.92 Å². The van der Waals surface area contributed by atoms with Gasteiger partial charge >= 0.3 is 6.18 Å². The van der Waals surface area contributed by atoms with Crippen LogP contribution in [0.25, 0.3) is 11.0 Å². The number of fused-ring (bicyclic) bond motifs is 1. The summed E-state index contributed by atoms with van der Waals surface area (Å²) >= 11 is 0. The van der Waals surface area contributed by atoms with Gasteiger partial charge in [0.1, 0.15) is 11.3 Å². The zero-order valence-corrected chi connectivity index (χ0v) is 10.2. The molecule has 0 unspecified atom stereocenters. The summed E-state index contributed by atoms with van der Waals surface area (Å²) < 4.78 is 40.0. The van der Waals surface area contributed by atoms with Crippen molar-refractivity contribution in [2.24, 2.45) is 0 Å². The van der Waals surface area contributed by atoms with Crippen molar-refractivity contribution in [3.63, 3.8) is 0 Å². The number of nitrogen functional groups attached to an aromatic ring is 1. The predicted octanol–water partition coefficient (Wildman–Crippen LogP) is 3.36. The van der Waals surface area contributed by atoms with Gasteiger partial charge in [-0.15, -0.1) is 0 Å². The predicted molar refractivity (Wildman–Crippen MR) is 64.2 cm³/mol. The molecule has 1 aromatic heterocycles. The van der Waals surface area contributed by atoms with Gasteiger partial charge in [0.2, 0.25) is 0 Å². The van der Waals surface area contributed by atoms with Gasteiger partial charge in [0.05, 0.1) is 16.8 Å². The van der Waals surface area contributed by atoms with Crippen LogP contribution in [0.5, 0.6) is 0 Å². The minimum atomic E-state index is -4.39. The molecule has 6 heteroatoms. The highest BCUT2D eigenvalue weighted by Gasteiger charge is 2.32. The maximum atomic E-state index is 12.7. The smallest absolute Gasteiger partial charge is 0.397 e. The van der Waals surface area contributed by atoms with Crippen LogP contribution in [0.4, 0.5) is 18.9 Å². The molecule has 2 aromatic rings. The Balaban J connectivity index is 2.73. The van der Waals surface area contributed by atoms with E-state index in [4.69, 9.17) is 5.73 Å². The number of hydrogen-bond donors (Lipinski definition) is 1. The number of anilines is 1. The second-order valence-electron chi connectivity index (χ2n) is 4.24. The van der Waals surface area contributed by atoms with Crippen LogP contribution in [0.3, 0.4) is 0 Å². The maximum Gasteiger partial charge on any atom is 0.416 e. The highest BCUT2D eigenvalue weighted by atomic mass is 19.4. The fraction of sp³-hybridized carbons (Fsp3) is 0.417. The van der Waals surface area contributed by atoms with Crippen LogP contribution in [0.2, 0.25) is 0 Å². The molecule has 3 nitrogen and oxygen atoms in total. The number of nitrogens with two attached hydrogens (primary N) is 1. The maximum absolute atomic E-state index is 12.7. The second-order valence-corrected chi connectivity index (χ2v) is 4.24. The van der Waals surface area contributed by atoms with Crippen LogP contribution < -0.4 is 5.73 Å². The Hall–Kier alpha value is -1.72. The van der Waals surface area contributed by atoms with Gasteiger partial charge in [-0.3, -0.25) is 0 Å². The molecule has 2 rings (SSSR count). The highest BCUT2D eigenvalue weighted by molar-refractivity contribution is 5.88. The molecule has 0 aliphatic carbocycles. The molecule has 0 aliphatic heterocycles. The number of rotatable bonds is 2. The lowest BCUT2D eigenvalue weighted by molar-refractivity contribution is -0.137. The van der Waals surface area contributed by atoms with Crippen molar-refractivity contribution in [3.05, 3.63) is 23.5 Å². The molecule has 98 valence electrons. The number of benzene rings is 1. The lowest BCUT2D eigenvalue weighted by Gasteiger charge is -2.10. The van der Waals surface area contributed by atoms with Crippen LogP contribution in [-0.4, -0.2) is 9.55 Å². The summed E-state index contributed by atoms with van der Waals surface area (Å²) in [6.07, 6.45) is -3.57. The quantitative estimate of drug-likeness (QED) is 0.838. The van der Waals surface area contributed by atoms with E-state index in [0.717, 1.165) is 18.6 Å². The van der Waals surface area contributed by atoms with Gasteiger partial charge in [0.25, 0.3) is 0 Å². The lowest BCUT2D eigenvalue weighted by Crippen LogP contribution is -2.07. The number of aryl methyl sites for hydroxylation is 2. The molecule has 0 spiro atoms. The van der Waals surface area contributed by atoms with E-state index in [0.29, 0.717) is 23.4 Å². The average Bonchev–Trinajstić information content (AvgIpc) is 2.56.